The van der Waals surface area contributed by atoms with Gasteiger partial charge in [0.15, 0.2) is 0 Å². The van der Waals surface area contributed by atoms with Gasteiger partial charge in [-0.15, -0.1) is 0 Å². The van der Waals surface area contributed by atoms with Crippen LogP contribution in [0.2, 0.25) is 0 Å². The lowest BCUT2D eigenvalue weighted by molar-refractivity contribution is 0.149. The molecule has 17 heavy (non-hydrogen) atoms. The monoisotopic (exact) mass is 235 g/mol. The molecular formula is C13H21N3O. The van der Waals surface area contributed by atoms with Crippen LogP contribution in [0.15, 0.2) is 18.3 Å². The number of aromatic nitrogens is 1. The topological polar surface area (TPSA) is 37.4 Å². The molecular weight excluding hydrogens is 214 g/mol. The fraction of sp³-hybridized carbons (Fsp3) is 0.615. The van der Waals surface area contributed by atoms with Crippen LogP contribution in [-0.4, -0.2) is 42.7 Å². The number of hydrogen-bond acceptors (Lipinski definition) is 4. The molecule has 4 heteroatoms. The molecule has 0 bridgehead atoms. The standard InChI is InChI=1S/C13H21N3O/c1-3-12-9-14-6-7-16(12)10-11-4-5-15-13(8-11)17-2/h4-5,8,12,14H,3,6-7,9-10H2,1-2H3. The third-order valence-electron chi connectivity index (χ3n) is 3.34. The zero-order valence-corrected chi connectivity index (χ0v) is 10.6. The number of methoxy groups -OCH3 is 1. The number of ether oxygens (including phenoxy) is 1. The lowest BCUT2D eigenvalue weighted by Gasteiger charge is -2.35. The summed E-state index contributed by atoms with van der Waals surface area (Å²) in [5.41, 5.74) is 1.28. The Hall–Kier alpha value is -1.13. The molecule has 2 heterocycles. The van der Waals surface area contributed by atoms with Gasteiger partial charge in [-0.2, -0.15) is 0 Å². The van der Waals surface area contributed by atoms with E-state index in [1.165, 1.54) is 12.0 Å². The van der Waals surface area contributed by atoms with Crippen molar-refractivity contribution >= 4 is 0 Å². The van der Waals surface area contributed by atoms with Gasteiger partial charge in [0.2, 0.25) is 5.88 Å². The third kappa shape index (κ3) is 3.17. The molecule has 1 unspecified atom stereocenters. The molecule has 2 rings (SSSR count). The number of nitrogens with one attached hydrogen (secondary N) is 1. The van der Waals surface area contributed by atoms with E-state index in [1.54, 1.807) is 7.11 Å². The molecule has 0 amide bonds. The van der Waals surface area contributed by atoms with Crippen molar-refractivity contribution in [3.8, 4) is 5.88 Å². The van der Waals surface area contributed by atoms with E-state index in [0.29, 0.717) is 11.9 Å². The predicted molar refractivity (Wildman–Crippen MR) is 68.1 cm³/mol. The maximum atomic E-state index is 5.16. The van der Waals surface area contributed by atoms with Crippen LogP contribution in [0.5, 0.6) is 5.88 Å². The van der Waals surface area contributed by atoms with E-state index in [9.17, 15) is 0 Å². The highest BCUT2D eigenvalue weighted by Crippen LogP contribution is 2.15. The SMILES string of the molecule is CCC1CNCCN1Cc1ccnc(OC)c1. The molecule has 0 saturated carbocycles. The Bertz CT molecular complexity index is 356. The van der Waals surface area contributed by atoms with Crippen molar-refractivity contribution in [2.24, 2.45) is 0 Å². The number of rotatable bonds is 4. The maximum Gasteiger partial charge on any atom is 0.213 e. The Morgan fingerprint density at radius 2 is 2.47 bits per heavy atom. The summed E-state index contributed by atoms with van der Waals surface area (Å²) in [6.45, 7) is 6.53. The van der Waals surface area contributed by atoms with E-state index in [4.69, 9.17) is 4.74 Å². The van der Waals surface area contributed by atoms with E-state index < -0.39 is 0 Å². The van der Waals surface area contributed by atoms with Crippen LogP contribution in [0.4, 0.5) is 0 Å². The first-order valence-corrected chi connectivity index (χ1v) is 6.27. The first kappa shape index (κ1) is 12.3. The Morgan fingerprint density at radius 3 is 3.24 bits per heavy atom. The van der Waals surface area contributed by atoms with Crippen molar-refractivity contribution in [3.63, 3.8) is 0 Å². The molecule has 1 aromatic rings. The summed E-state index contributed by atoms with van der Waals surface area (Å²) < 4.78 is 5.16. The lowest BCUT2D eigenvalue weighted by atomic mass is 10.1. The Balaban J connectivity index is 2.02. The molecule has 1 N–H and O–H groups in total. The van der Waals surface area contributed by atoms with E-state index in [2.05, 4.69) is 28.2 Å². The summed E-state index contributed by atoms with van der Waals surface area (Å²) in [6.07, 6.45) is 3.01. The van der Waals surface area contributed by atoms with Gasteiger partial charge in [0.05, 0.1) is 7.11 Å². The minimum atomic E-state index is 0.642. The number of hydrogen-bond donors (Lipinski definition) is 1. The average molecular weight is 235 g/mol. The summed E-state index contributed by atoms with van der Waals surface area (Å²) in [4.78, 5) is 6.67. The van der Waals surface area contributed by atoms with Gasteiger partial charge < -0.3 is 10.1 Å². The number of piperazine rings is 1. The van der Waals surface area contributed by atoms with E-state index >= 15 is 0 Å². The summed E-state index contributed by atoms with van der Waals surface area (Å²) in [5.74, 6) is 0.700. The second-order valence-electron chi connectivity index (χ2n) is 4.44. The zero-order chi connectivity index (χ0) is 12.1. The van der Waals surface area contributed by atoms with Gasteiger partial charge in [-0.05, 0) is 18.1 Å². The van der Waals surface area contributed by atoms with Crippen molar-refractivity contribution in [1.82, 2.24) is 15.2 Å². The molecule has 0 radical (unpaired) electrons. The van der Waals surface area contributed by atoms with Crippen LogP contribution in [0.25, 0.3) is 0 Å². The average Bonchev–Trinajstić information content (AvgIpc) is 2.39. The van der Waals surface area contributed by atoms with Gasteiger partial charge in [0.1, 0.15) is 0 Å². The van der Waals surface area contributed by atoms with Crippen LogP contribution in [0, 0.1) is 0 Å². The molecule has 1 aromatic heterocycles. The summed E-state index contributed by atoms with van der Waals surface area (Å²) in [6, 6.07) is 4.73. The minimum absolute atomic E-state index is 0.642. The van der Waals surface area contributed by atoms with Gasteiger partial charge in [0.25, 0.3) is 0 Å². The van der Waals surface area contributed by atoms with Crippen molar-refractivity contribution in [2.75, 3.05) is 26.7 Å². The fourth-order valence-corrected chi connectivity index (χ4v) is 2.31. The second kappa shape index (κ2) is 5.98. The van der Waals surface area contributed by atoms with Gasteiger partial charge in [-0.3, -0.25) is 4.90 Å². The lowest BCUT2D eigenvalue weighted by Crippen LogP contribution is -2.50. The zero-order valence-electron chi connectivity index (χ0n) is 10.6. The molecule has 0 aromatic carbocycles. The maximum absolute atomic E-state index is 5.16. The van der Waals surface area contributed by atoms with Gasteiger partial charge in [-0.1, -0.05) is 6.92 Å². The van der Waals surface area contributed by atoms with Gasteiger partial charge in [-0.25, -0.2) is 4.98 Å². The highest BCUT2D eigenvalue weighted by atomic mass is 16.5. The second-order valence-corrected chi connectivity index (χ2v) is 4.44. The quantitative estimate of drug-likeness (QED) is 0.853. The van der Waals surface area contributed by atoms with Crippen LogP contribution < -0.4 is 10.1 Å². The molecule has 94 valence electrons. The van der Waals surface area contributed by atoms with E-state index in [-0.39, 0.29) is 0 Å². The van der Waals surface area contributed by atoms with Crippen LogP contribution in [-0.2, 0) is 6.54 Å². The molecule has 1 fully saturated rings. The number of pyridine rings is 1. The third-order valence-corrected chi connectivity index (χ3v) is 3.34. The molecule has 1 aliphatic heterocycles. The molecule has 0 aliphatic carbocycles. The summed E-state index contributed by atoms with van der Waals surface area (Å²) in [5, 5.41) is 3.45. The highest BCUT2D eigenvalue weighted by molar-refractivity contribution is 5.20. The Morgan fingerprint density at radius 1 is 1.59 bits per heavy atom. The molecule has 1 aliphatic rings. The molecule has 1 saturated heterocycles. The van der Waals surface area contributed by atoms with Crippen molar-refractivity contribution in [2.45, 2.75) is 25.9 Å². The fourth-order valence-electron chi connectivity index (χ4n) is 2.31. The van der Waals surface area contributed by atoms with Crippen molar-refractivity contribution < 1.29 is 4.74 Å². The van der Waals surface area contributed by atoms with Crippen LogP contribution >= 0.6 is 0 Å². The van der Waals surface area contributed by atoms with Gasteiger partial charge >= 0.3 is 0 Å². The molecule has 1 atom stereocenters. The van der Waals surface area contributed by atoms with E-state index in [0.717, 1.165) is 26.2 Å². The first-order chi connectivity index (χ1) is 8.33. The number of nitrogens with zero attached hydrogens (tertiary/aromatic N) is 2. The smallest absolute Gasteiger partial charge is 0.213 e. The predicted octanol–water partition coefficient (Wildman–Crippen LogP) is 1.27. The van der Waals surface area contributed by atoms with Crippen LogP contribution in [0.1, 0.15) is 18.9 Å². The first-order valence-electron chi connectivity index (χ1n) is 6.27. The van der Waals surface area contributed by atoms with Crippen LogP contribution in [0.3, 0.4) is 0 Å². The van der Waals surface area contributed by atoms with Crippen molar-refractivity contribution in [3.05, 3.63) is 23.9 Å². The molecule has 0 spiro atoms. The Labute approximate surface area is 103 Å². The van der Waals surface area contributed by atoms with Crippen molar-refractivity contribution in [1.29, 1.82) is 0 Å². The Kier molecular flexibility index (Phi) is 4.34. The normalized spacial score (nSPS) is 21.4. The summed E-state index contributed by atoms with van der Waals surface area (Å²) in [7, 11) is 1.66. The molecule has 4 nitrogen and oxygen atoms in total. The van der Waals surface area contributed by atoms with Gasteiger partial charge in [0, 0.05) is 44.5 Å². The minimum Gasteiger partial charge on any atom is -0.481 e. The largest absolute Gasteiger partial charge is 0.481 e. The van der Waals surface area contributed by atoms with E-state index in [1.807, 2.05) is 12.3 Å². The summed E-state index contributed by atoms with van der Waals surface area (Å²) >= 11 is 0. The highest BCUT2D eigenvalue weighted by Gasteiger charge is 2.20.